The molecule has 1 rings (SSSR count). The second kappa shape index (κ2) is 17.6. The van der Waals surface area contributed by atoms with Gasteiger partial charge in [0, 0.05) is 37.5 Å². The van der Waals surface area contributed by atoms with E-state index in [0.717, 1.165) is 12.0 Å². The van der Waals surface area contributed by atoms with Crippen LogP contribution in [0.15, 0.2) is 23.3 Å². The molecule has 0 fully saturated rings. The van der Waals surface area contributed by atoms with Crippen LogP contribution in [0.4, 0.5) is 0 Å². The number of amides is 1. The van der Waals surface area contributed by atoms with E-state index in [1.807, 2.05) is 32.0 Å². The Balaban J connectivity index is 3.04. The van der Waals surface area contributed by atoms with Gasteiger partial charge in [-0.1, -0.05) is 38.9 Å². The van der Waals surface area contributed by atoms with Crippen molar-refractivity contribution in [2.45, 2.75) is 79.4 Å². The lowest BCUT2D eigenvalue weighted by atomic mass is 9.80. The van der Waals surface area contributed by atoms with E-state index in [0.29, 0.717) is 37.6 Å². The van der Waals surface area contributed by atoms with Crippen molar-refractivity contribution in [3.05, 3.63) is 34.2 Å². The highest BCUT2D eigenvalue weighted by molar-refractivity contribution is 5.79. The Morgan fingerprint density at radius 1 is 1.15 bits per heavy atom. The van der Waals surface area contributed by atoms with Gasteiger partial charge in [0.25, 0.3) is 0 Å². The number of hydrogen-bond donors (Lipinski definition) is 2. The van der Waals surface area contributed by atoms with Crippen LogP contribution in [-0.4, -0.2) is 57.1 Å². The number of ether oxygens (including phenoxy) is 3. The van der Waals surface area contributed by atoms with Gasteiger partial charge in [0.05, 0.1) is 37.3 Å². The molecule has 0 spiro atoms. The molecule has 0 saturated carbocycles. The van der Waals surface area contributed by atoms with Crippen molar-refractivity contribution in [2.75, 3.05) is 34.0 Å². The van der Waals surface area contributed by atoms with Gasteiger partial charge >= 0.3 is 0 Å². The summed E-state index contributed by atoms with van der Waals surface area (Å²) in [5.74, 6) is 0.911. The summed E-state index contributed by atoms with van der Waals surface area (Å²) < 4.78 is 16.5. The Hall–Kier alpha value is -2.99. The number of carbonyl (C=O) groups excluding carboxylic acids is 1. The Morgan fingerprint density at radius 3 is 2.40 bits per heavy atom. The Morgan fingerprint density at radius 2 is 1.85 bits per heavy atom. The molecule has 40 heavy (non-hydrogen) atoms. The van der Waals surface area contributed by atoms with E-state index in [9.17, 15) is 20.7 Å². The maximum Gasteiger partial charge on any atom is 0.223 e. The zero-order chi connectivity index (χ0) is 30.3. The fourth-order valence-electron chi connectivity index (χ4n) is 4.48. The fraction of sp³-hybridized carbons (Fsp3) is 0.733. The fourth-order valence-corrected chi connectivity index (χ4v) is 4.48. The van der Waals surface area contributed by atoms with Gasteiger partial charge in [-0.05, 0) is 74.1 Å². The minimum atomic E-state index is -0.991. The molecule has 0 aliphatic heterocycles. The van der Waals surface area contributed by atoms with Crippen molar-refractivity contribution in [3.63, 3.8) is 0 Å². The van der Waals surface area contributed by atoms with Gasteiger partial charge in [-0.3, -0.25) is 4.79 Å². The molecule has 10 nitrogen and oxygen atoms in total. The summed E-state index contributed by atoms with van der Waals surface area (Å²) in [4.78, 5) is 16.0. The van der Waals surface area contributed by atoms with E-state index in [4.69, 9.17) is 14.2 Å². The van der Waals surface area contributed by atoms with Crippen LogP contribution in [0.1, 0.15) is 66.4 Å². The van der Waals surface area contributed by atoms with Crippen LogP contribution >= 0.6 is 0 Å². The first kappa shape index (κ1) is 35.0. The molecule has 1 amide bonds. The molecule has 0 aromatic heterocycles. The normalized spacial score (nSPS) is 14.6. The topological polar surface area (TPSA) is 150 Å². The summed E-state index contributed by atoms with van der Waals surface area (Å²) in [5.41, 5.74) is 9.65. The van der Waals surface area contributed by atoms with Gasteiger partial charge in [0.15, 0.2) is 11.5 Å². The molecule has 4 atom stereocenters. The van der Waals surface area contributed by atoms with E-state index < -0.39 is 23.5 Å². The van der Waals surface area contributed by atoms with Crippen molar-refractivity contribution in [3.8, 4) is 17.6 Å². The van der Waals surface area contributed by atoms with Gasteiger partial charge in [0.1, 0.15) is 0 Å². The number of nitriles is 1. The van der Waals surface area contributed by atoms with Gasteiger partial charge in [0.2, 0.25) is 5.91 Å². The first-order chi connectivity index (χ1) is 18.9. The Labute approximate surface area is 240 Å². The average Bonchev–Trinajstić information content (AvgIpc) is 2.91. The molecule has 10 heteroatoms. The van der Waals surface area contributed by atoms with Gasteiger partial charge in [-0.15, -0.1) is 0 Å². The van der Waals surface area contributed by atoms with E-state index in [-0.39, 0.29) is 36.6 Å². The van der Waals surface area contributed by atoms with E-state index >= 15 is 0 Å². The number of carbonyl (C=O) groups is 1. The number of nitrogens with zero attached hydrogens (tertiary/aromatic N) is 4. The van der Waals surface area contributed by atoms with Crippen LogP contribution in [0.3, 0.4) is 0 Å². The highest BCUT2D eigenvalue weighted by atomic mass is 16.5. The lowest BCUT2D eigenvalue weighted by Crippen LogP contribution is -2.41. The predicted molar refractivity (Wildman–Crippen MR) is 156 cm³/mol. The Bertz CT molecular complexity index is 1000. The third-order valence-corrected chi connectivity index (χ3v) is 7.25. The lowest BCUT2D eigenvalue weighted by Gasteiger charge is -2.30. The van der Waals surface area contributed by atoms with Crippen LogP contribution in [0.5, 0.6) is 11.5 Å². The van der Waals surface area contributed by atoms with Gasteiger partial charge in [-0.25, -0.2) is 0 Å². The molecule has 2 unspecified atom stereocenters. The maximum atomic E-state index is 13.0. The second-order valence-electron chi connectivity index (χ2n) is 11.8. The molecule has 224 valence electrons. The predicted octanol–water partition coefficient (Wildman–Crippen LogP) is 5.68. The molecule has 0 saturated heterocycles. The minimum Gasteiger partial charge on any atom is -0.493 e. The smallest absolute Gasteiger partial charge is 0.223 e. The highest BCUT2D eigenvalue weighted by Gasteiger charge is 2.32. The van der Waals surface area contributed by atoms with Crippen molar-refractivity contribution in [2.24, 2.45) is 34.2 Å². The second-order valence-corrected chi connectivity index (χ2v) is 11.8. The maximum absolute atomic E-state index is 13.0. The zero-order valence-corrected chi connectivity index (χ0v) is 25.5. The Kier molecular flexibility index (Phi) is 15.5. The number of hydrogen-bond acceptors (Lipinski definition) is 7. The number of benzene rings is 1. The third kappa shape index (κ3) is 12.0. The van der Waals surface area contributed by atoms with E-state index in [2.05, 4.69) is 35.3 Å². The molecule has 0 aliphatic rings. The quantitative estimate of drug-likeness (QED) is 0.0963. The number of azide groups is 1. The van der Waals surface area contributed by atoms with E-state index in [1.54, 1.807) is 28.1 Å². The van der Waals surface area contributed by atoms with Crippen LogP contribution in [0.25, 0.3) is 10.4 Å². The number of nitrogens with one attached hydrogen (secondary N) is 1. The molecule has 0 heterocycles. The van der Waals surface area contributed by atoms with Crippen LogP contribution < -0.4 is 14.8 Å². The summed E-state index contributed by atoms with van der Waals surface area (Å²) in [7, 11) is 3.26. The first-order valence-electron chi connectivity index (χ1n) is 14.1. The number of aliphatic hydroxyl groups excluding tert-OH is 1. The molecule has 1 aromatic carbocycles. The highest BCUT2D eigenvalue weighted by Crippen LogP contribution is 2.32. The van der Waals surface area contributed by atoms with Crippen molar-refractivity contribution in [1.82, 2.24) is 5.32 Å². The van der Waals surface area contributed by atoms with Crippen LogP contribution in [-0.2, 0) is 16.0 Å². The van der Waals surface area contributed by atoms with Gasteiger partial charge in [-0.2, -0.15) is 5.26 Å². The summed E-state index contributed by atoms with van der Waals surface area (Å²) in [5, 5.41) is 27.3. The monoisotopic (exact) mass is 559 g/mol. The summed E-state index contributed by atoms with van der Waals surface area (Å²) in [6, 6.07) is 7.35. The molecular weight excluding hydrogens is 510 g/mol. The average molecular weight is 560 g/mol. The number of aliphatic hydroxyl groups is 1. The van der Waals surface area contributed by atoms with Crippen molar-refractivity contribution < 1.29 is 24.1 Å². The molecular formula is C30H49N5O5. The van der Waals surface area contributed by atoms with Crippen LogP contribution in [0, 0.1) is 40.4 Å². The van der Waals surface area contributed by atoms with Crippen molar-refractivity contribution >= 4 is 5.91 Å². The summed E-state index contributed by atoms with van der Waals surface area (Å²) in [6.07, 6.45) is 1.09. The molecule has 2 N–H and O–H groups in total. The largest absolute Gasteiger partial charge is 0.493 e. The number of methoxy groups -OCH3 is 2. The zero-order valence-electron chi connectivity index (χ0n) is 25.5. The van der Waals surface area contributed by atoms with E-state index in [1.165, 1.54) is 0 Å². The molecule has 1 aromatic rings. The summed E-state index contributed by atoms with van der Waals surface area (Å²) in [6.45, 7) is 12.9. The lowest BCUT2D eigenvalue weighted by molar-refractivity contribution is -0.128. The molecule has 0 aliphatic carbocycles. The van der Waals surface area contributed by atoms with Crippen LogP contribution in [0.2, 0.25) is 0 Å². The molecule has 0 radical (unpaired) electrons. The first-order valence-corrected chi connectivity index (χ1v) is 14.1. The SMILES string of the molecule is COCCCOc1cc(CC(C[C@H](N=[N+]=[N-])[C@@H](O)CC(C(=O)NCC(C)(C)C#N)C(C)C)C(C)C)ccc1OC. The van der Waals surface area contributed by atoms with Crippen molar-refractivity contribution in [1.29, 1.82) is 5.26 Å². The van der Waals surface area contributed by atoms with Gasteiger partial charge < -0.3 is 24.6 Å². The molecule has 0 bridgehead atoms. The summed E-state index contributed by atoms with van der Waals surface area (Å²) >= 11 is 0. The number of rotatable bonds is 19. The minimum absolute atomic E-state index is 0.0472. The standard InChI is InChI=1S/C30H49N5O5/c1-20(2)23(14-22-10-11-27(39-8)28(15-22)40-13-9-12-38-7)16-25(34-35-32)26(36)17-24(21(3)4)29(37)33-19-30(5,6)18-31/h10-11,15,20-21,23-26,36H,9,12-14,16-17,19H2,1-8H3,(H,33,37)/t23?,24?,25-,26-/m0/s1. The third-order valence-electron chi connectivity index (χ3n) is 7.25.